The van der Waals surface area contributed by atoms with Crippen molar-refractivity contribution in [3.8, 4) is 16.5 Å². The van der Waals surface area contributed by atoms with Gasteiger partial charge in [0.1, 0.15) is 0 Å². The molecule has 1 heterocycles. The molecule has 0 spiro atoms. The Morgan fingerprint density at radius 3 is 2.74 bits per heavy atom. The van der Waals surface area contributed by atoms with E-state index in [1.807, 2.05) is 12.1 Å². The van der Waals surface area contributed by atoms with E-state index in [0.717, 1.165) is 17.5 Å². The maximum Gasteiger partial charge on any atom is 0.0994 e. The number of unbranched alkanes of at least 4 members (excludes halogenated alkanes) is 3. The standard InChI is InChI=1S/C17H19NS/c1-2-3-4-5-7-14-9-10-15(12-16(14)13-18)17-8-6-11-19-17/h6,8-12H,2-5,7H2,1H3. The van der Waals surface area contributed by atoms with Crippen LogP contribution in [0.4, 0.5) is 0 Å². The summed E-state index contributed by atoms with van der Waals surface area (Å²) in [4.78, 5) is 1.23. The molecule has 0 saturated heterocycles. The van der Waals surface area contributed by atoms with E-state index in [-0.39, 0.29) is 0 Å². The number of aryl methyl sites for hydroxylation is 1. The van der Waals surface area contributed by atoms with E-state index < -0.39 is 0 Å². The van der Waals surface area contributed by atoms with Gasteiger partial charge >= 0.3 is 0 Å². The average Bonchev–Trinajstić information content (AvgIpc) is 2.98. The molecule has 2 heteroatoms. The van der Waals surface area contributed by atoms with Gasteiger partial charge in [0.05, 0.1) is 11.6 Å². The summed E-state index contributed by atoms with van der Waals surface area (Å²) in [6, 6.07) is 12.8. The van der Waals surface area contributed by atoms with Gasteiger partial charge < -0.3 is 0 Å². The largest absolute Gasteiger partial charge is 0.192 e. The molecule has 0 atom stereocenters. The van der Waals surface area contributed by atoms with Gasteiger partial charge in [0.15, 0.2) is 0 Å². The summed E-state index contributed by atoms with van der Waals surface area (Å²) in [6.45, 7) is 2.22. The Bertz CT molecular complexity index is 549. The minimum Gasteiger partial charge on any atom is -0.192 e. The first-order valence-corrected chi connectivity index (χ1v) is 7.80. The van der Waals surface area contributed by atoms with E-state index in [1.54, 1.807) is 11.3 Å². The van der Waals surface area contributed by atoms with Gasteiger partial charge in [0.25, 0.3) is 0 Å². The van der Waals surface area contributed by atoms with E-state index in [9.17, 15) is 5.26 Å². The maximum atomic E-state index is 9.30. The average molecular weight is 269 g/mol. The van der Waals surface area contributed by atoms with Crippen molar-refractivity contribution < 1.29 is 0 Å². The highest BCUT2D eigenvalue weighted by molar-refractivity contribution is 7.13. The van der Waals surface area contributed by atoms with Gasteiger partial charge in [-0.15, -0.1) is 11.3 Å². The van der Waals surface area contributed by atoms with E-state index in [1.165, 1.54) is 36.1 Å². The molecule has 1 aromatic carbocycles. The molecule has 2 aromatic rings. The van der Waals surface area contributed by atoms with Crippen molar-refractivity contribution in [2.45, 2.75) is 39.0 Å². The van der Waals surface area contributed by atoms with Crippen LogP contribution in [0.25, 0.3) is 10.4 Å². The number of hydrogen-bond acceptors (Lipinski definition) is 2. The molecule has 19 heavy (non-hydrogen) atoms. The fourth-order valence-electron chi connectivity index (χ4n) is 2.24. The topological polar surface area (TPSA) is 23.8 Å². The third-order valence-electron chi connectivity index (χ3n) is 3.34. The van der Waals surface area contributed by atoms with Gasteiger partial charge in [-0.3, -0.25) is 0 Å². The minimum atomic E-state index is 0.836. The zero-order valence-corrected chi connectivity index (χ0v) is 12.2. The highest BCUT2D eigenvalue weighted by Crippen LogP contribution is 2.27. The Morgan fingerprint density at radius 2 is 2.05 bits per heavy atom. The first-order chi connectivity index (χ1) is 9.35. The second-order valence-corrected chi connectivity index (χ2v) is 5.72. The molecule has 0 bridgehead atoms. The summed E-state index contributed by atoms with van der Waals surface area (Å²) in [5.74, 6) is 0. The Hall–Kier alpha value is -1.59. The van der Waals surface area contributed by atoms with Gasteiger partial charge in [-0.05, 0) is 41.5 Å². The van der Waals surface area contributed by atoms with Crippen molar-refractivity contribution in [1.82, 2.24) is 0 Å². The third-order valence-corrected chi connectivity index (χ3v) is 4.25. The zero-order valence-electron chi connectivity index (χ0n) is 11.4. The highest BCUT2D eigenvalue weighted by Gasteiger charge is 2.05. The molecule has 0 aliphatic rings. The van der Waals surface area contributed by atoms with E-state index in [2.05, 4.69) is 36.6 Å². The smallest absolute Gasteiger partial charge is 0.0994 e. The Morgan fingerprint density at radius 1 is 1.16 bits per heavy atom. The van der Waals surface area contributed by atoms with Crippen LogP contribution in [0.5, 0.6) is 0 Å². The van der Waals surface area contributed by atoms with Crippen LogP contribution in [-0.4, -0.2) is 0 Å². The molecule has 0 amide bonds. The van der Waals surface area contributed by atoms with Gasteiger partial charge in [-0.2, -0.15) is 5.26 Å². The Balaban J connectivity index is 2.11. The molecule has 98 valence electrons. The number of nitrogens with zero attached hydrogens (tertiary/aromatic N) is 1. The monoisotopic (exact) mass is 269 g/mol. The molecule has 0 radical (unpaired) electrons. The minimum absolute atomic E-state index is 0.836. The predicted octanol–water partition coefficient (Wildman–Crippen LogP) is 5.41. The van der Waals surface area contributed by atoms with Crippen LogP contribution in [-0.2, 0) is 6.42 Å². The van der Waals surface area contributed by atoms with E-state index in [0.29, 0.717) is 0 Å². The lowest BCUT2D eigenvalue weighted by molar-refractivity contribution is 0.666. The maximum absolute atomic E-state index is 9.30. The van der Waals surface area contributed by atoms with Crippen molar-refractivity contribution in [3.63, 3.8) is 0 Å². The van der Waals surface area contributed by atoms with Crippen LogP contribution in [0.15, 0.2) is 35.7 Å². The Labute approximate surface area is 119 Å². The third kappa shape index (κ3) is 3.68. The lowest BCUT2D eigenvalue weighted by atomic mass is 9.99. The predicted molar refractivity (Wildman–Crippen MR) is 82.3 cm³/mol. The fraction of sp³-hybridized carbons (Fsp3) is 0.353. The van der Waals surface area contributed by atoms with Gasteiger partial charge in [0, 0.05) is 4.88 Å². The molecule has 0 N–H and O–H groups in total. The first-order valence-electron chi connectivity index (χ1n) is 6.92. The van der Waals surface area contributed by atoms with Gasteiger partial charge in [-0.25, -0.2) is 0 Å². The molecule has 0 aliphatic heterocycles. The summed E-state index contributed by atoms with van der Waals surface area (Å²) >= 11 is 1.72. The van der Waals surface area contributed by atoms with Crippen LogP contribution >= 0.6 is 11.3 Å². The van der Waals surface area contributed by atoms with Gasteiger partial charge in [0.2, 0.25) is 0 Å². The van der Waals surface area contributed by atoms with Crippen LogP contribution in [0, 0.1) is 11.3 Å². The lowest BCUT2D eigenvalue weighted by Gasteiger charge is -2.06. The Kier molecular flexibility index (Phi) is 5.18. The number of nitriles is 1. The molecule has 0 fully saturated rings. The van der Waals surface area contributed by atoms with Crippen LogP contribution in [0.2, 0.25) is 0 Å². The van der Waals surface area contributed by atoms with Crippen LogP contribution < -0.4 is 0 Å². The molecule has 0 unspecified atom stereocenters. The van der Waals surface area contributed by atoms with Crippen molar-refractivity contribution in [2.75, 3.05) is 0 Å². The summed E-state index contributed by atoms with van der Waals surface area (Å²) in [5, 5.41) is 11.4. The normalized spacial score (nSPS) is 10.3. The first kappa shape index (κ1) is 13.8. The number of rotatable bonds is 6. The van der Waals surface area contributed by atoms with Crippen LogP contribution in [0.1, 0.15) is 43.7 Å². The molecule has 0 aliphatic carbocycles. The SMILES string of the molecule is CCCCCCc1ccc(-c2cccs2)cc1C#N. The van der Waals surface area contributed by atoms with Crippen molar-refractivity contribution in [1.29, 1.82) is 5.26 Å². The molecule has 1 aromatic heterocycles. The van der Waals surface area contributed by atoms with Crippen molar-refractivity contribution >= 4 is 11.3 Å². The summed E-state index contributed by atoms with van der Waals surface area (Å²) in [6.07, 6.45) is 6.00. The summed E-state index contributed by atoms with van der Waals surface area (Å²) in [7, 11) is 0. The second-order valence-electron chi connectivity index (χ2n) is 4.77. The molecular formula is C17H19NS. The summed E-state index contributed by atoms with van der Waals surface area (Å²) in [5.41, 5.74) is 3.19. The van der Waals surface area contributed by atoms with E-state index >= 15 is 0 Å². The van der Waals surface area contributed by atoms with Crippen LogP contribution in [0.3, 0.4) is 0 Å². The number of thiophene rings is 1. The zero-order chi connectivity index (χ0) is 13.5. The summed E-state index contributed by atoms with van der Waals surface area (Å²) < 4.78 is 0. The quantitative estimate of drug-likeness (QED) is 0.643. The number of hydrogen-bond donors (Lipinski definition) is 0. The molecular weight excluding hydrogens is 250 g/mol. The molecule has 2 rings (SSSR count). The lowest BCUT2D eigenvalue weighted by Crippen LogP contribution is -1.91. The molecule has 1 nitrogen and oxygen atoms in total. The second kappa shape index (κ2) is 7.11. The van der Waals surface area contributed by atoms with Crippen molar-refractivity contribution in [2.24, 2.45) is 0 Å². The van der Waals surface area contributed by atoms with E-state index in [4.69, 9.17) is 0 Å². The van der Waals surface area contributed by atoms with Gasteiger partial charge in [-0.1, -0.05) is 44.4 Å². The fourth-order valence-corrected chi connectivity index (χ4v) is 2.96. The molecule has 0 saturated carbocycles. The number of benzene rings is 1. The van der Waals surface area contributed by atoms with Crippen molar-refractivity contribution in [3.05, 3.63) is 46.8 Å². The highest BCUT2D eigenvalue weighted by atomic mass is 32.1.